The standard InChI is InChI=1S/C50H33N3O/c1-3-14-32(15-4-1)50-51-44(31-45(52-50)42-23-13-22-41-40-21-10-12-25-48(40)54-49(41)42)38-28-27-35(36-18-7-8-19-37(36)38)33-26-29-47-43(30-33)39-20-9-11-24-46(39)53(47)34-16-5-2-6-17-34/h1,3-5,7-31H,2,6H2. The molecule has 11 rings (SSSR count). The molecule has 0 saturated heterocycles. The van der Waals surface area contributed by atoms with Crippen molar-refractivity contribution in [1.82, 2.24) is 14.5 Å². The normalized spacial score (nSPS) is 13.1. The number of furan rings is 1. The molecule has 0 fully saturated rings. The molecule has 0 radical (unpaired) electrons. The molecule has 1 aliphatic rings. The number of hydrogen-bond donors (Lipinski definition) is 0. The van der Waals surface area contributed by atoms with Gasteiger partial charge in [0, 0.05) is 43.9 Å². The molecule has 3 heterocycles. The Bertz CT molecular complexity index is 3160. The molecule has 7 aromatic carbocycles. The van der Waals surface area contributed by atoms with Crippen molar-refractivity contribution in [2.45, 2.75) is 12.8 Å². The average Bonchev–Trinajstić information content (AvgIpc) is 3.79. The van der Waals surface area contributed by atoms with E-state index >= 15 is 0 Å². The van der Waals surface area contributed by atoms with Gasteiger partial charge in [-0.1, -0.05) is 133 Å². The van der Waals surface area contributed by atoms with Crippen molar-refractivity contribution in [3.8, 4) is 45.0 Å². The second kappa shape index (κ2) is 12.3. The number of benzene rings is 7. The van der Waals surface area contributed by atoms with E-state index in [4.69, 9.17) is 14.4 Å². The topological polar surface area (TPSA) is 43.9 Å². The predicted octanol–water partition coefficient (Wildman–Crippen LogP) is 13.5. The Hall–Kier alpha value is -7.04. The van der Waals surface area contributed by atoms with E-state index in [2.05, 4.69) is 150 Å². The Morgan fingerprint density at radius 3 is 1.98 bits per heavy atom. The maximum Gasteiger partial charge on any atom is 0.160 e. The molecule has 0 atom stereocenters. The van der Waals surface area contributed by atoms with E-state index in [-0.39, 0.29) is 0 Å². The summed E-state index contributed by atoms with van der Waals surface area (Å²) in [4.78, 5) is 10.4. The number of fused-ring (bicyclic) bond motifs is 7. The quantitative estimate of drug-likeness (QED) is 0.180. The van der Waals surface area contributed by atoms with Gasteiger partial charge in [0.15, 0.2) is 5.82 Å². The minimum Gasteiger partial charge on any atom is -0.455 e. The summed E-state index contributed by atoms with van der Waals surface area (Å²) in [7, 11) is 0. The van der Waals surface area contributed by atoms with Gasteiger partial charge in [0.05, 0.1) is 22.4 Å². The minimum absolute atomic E-state index is 0.675. The van der Waals surface area contributed by atoms with Gasteiger partial charge in [0.2, 0.25) is 0 Å². The van der Waals surface area contributed by atoms with Crippen LogP contribution in [0.25, 0.3) is 105 Å². The Labute approximate surface area is 312 Å². The summed E-state index contributed by atoms with van der Waals surface area (Å²) in [5.41, 5.74) is 12.4. The number of rotatable bonds is 5. The van der Waals surface area contributed by atoms with Gasteiger partial charge in [-0.25, -0.2) is 9.97 Å². The van der Waals surface area contributed by atoms with Gasteiger partial charge < -0.3 is 8.98 Å². The van der Waals surface area contributed by atoms with E-state index in [1.165, 1.54) is 44.0 Å². The predicted molar refractivity (Wildman–Crippen MR) is 224 cm³/mol. The highest BCUT2D eigenvalue weighted by Crippen LogP contribution is 2.41. The summed E-state index contributed by atoms with van der Waals surface area (Å²) in [6.45, 7) is 0. The van der Waals surface area contributed by atoms with Gasteiger partial charge in [0.25, 0.3) is 0 Å². The fourth-order valence-electron chi connectivity index (χ4n) is 8.35. The molecule has 0 amide bonds. The lowest BCUT2D eigenvalue weighted by molar-refractivity contribution is 0.670. The second-order valence-corrected chi connectivity index (χ2v) is 14.0. The van der Waals surface area contributed by atoms with Gasteiger partial charge in [-0.2, -0.15) is 0 Å². The zero-order chi connectivity index (χ0) is 35.6. The molecule has 3 aromatic heterocycles. The van der Waals surface area contributed by atoms with E-state index in [0.717, 1.165) is 68.2 Å². The lowest BCUT2D eigenvalue weighted by Crippen LogP contribution is -1.97. The summed E-state index contributed by atoms with van der Waals surface area (Å²) < 4.78 is 8.90. The third-order valence-corrected chi connectivity index (χ3v) is 10.9. The molecule has 1 aliphatic carbocycles. The van der Waals surface area contributed by atoms with Crippen LogP contribution in [0.5, 0.6) is 0 Å². The molecular formula is C50H33N3O. The molecule has 10 aromatic rings. The smallest absolute Gasteiger partial charge is 0.160 e. The van der Waals surface area contributed by atoms with Crippen LogP contribution in [0, 0.1) is 0 Å². The van der Waals surface area contributed by atoms with Crippen LogP contribution in [0.4, 0.5) is 0 Å². The van der Waals surface area contributed by atoms with Gasteiger partial charge in [-0.3, -0.25) is 0 Å². The highest BCUT2D eigenvalue weighted by Gasteiger charge is 2.19. The zero-order valence-corrected chi connectivity index (χ0v) is 29.4. The van der Waals surface area contributed by atoms with Crippen LogP contribution >= 0.6 is 0 Å². The average molecular weight is 692 g/mol. The summed E-state index contributed by atoms with van der Waals surface area (Å²) >= 11 is 0. The molecule has 0 spiro atoms. The number of allylic oxidation sites excluding steroid dienone is 4. The number of hydrogen-bond acceptors (Lipinski definition) is 3. The number of aromatic nitrogens is 3. The van der Waals surface area contributed by atoms with Crippen molar-refractivity contribution in [2.24, 2.45) is 0 Å². The van der Waals surface area contributed by atoms with Crippen LogP contribution < -0.4 is 0 Å². The molecule has 0 aliphatic heterocycles. The van der Waals surface area contributed by atoms with E-state index in [1.54, 1.807) is 0 Å². The Kier molecular flexibility index (Phi) is 6.96. The summed E-state index contributed by atoms with van der Waals surface area (Å²) in [5.74, 6) is 0.675. The van der Waals surface area contributed by atoms with E-state index in [9.17, 15) is 0 Å². The zero-order valence-electron chi connectivity index (χ0n) is 29.4. The van der Waals surface area contributed by atoms with Gasteiger partial charge >= 0.3 is 0 Å². The first-order chi connectivity index (χ1) is 26.8. The largest absolute Gasteiger partial charge is 0.455 e. The van der Waals surface area contributed by atoms with Crippen LogP contribution in [-0.2, 0) is 0 Å². The van der Waals surface area contributed by atoms with Crippen LogP contribution in [0.3, 0.4) is 0 Å². The van der Waals surface area contributed by atoms with Crippen LogP contribution in [-0.4, -0.2) is 14.5 Å². The fraction of sp³-hybridized carbons (Fsp3) is 0.0400. The monoisotopic (exact) mass is 691 g/mol. The molecule has 0 unspecified atom stereocenters. The summed E-state index contributed by atoms with van der Waals surface area (Å²) in [5, 5.41) is 7.00. The molecule has 4 nitrogen and oxygen atoms in total. The van der Waals surface area contributed by atoms with Crippen molar-refractivity contribution in [1.29, 1.82) is 0 Å². The van der Waals surface area contributed by atoms with Crippen LogP contribution in [0.15, 0.2) is 180 Å². The summed E-state index contributed by atoms with van der Waals surface area (Å²) in [6.07, 6.45) is 9.04. The molecule has 0 bridgehead atoms. The molecule has 254 valence electrons. The molecule has 54 heavy (non-hydrogen) atoms. The third kappa shape index (κ3) is 4.84. The maximum atomic E-state index is 6.49. The highest BCUT2D eigenvalue weighted by molar-refractivity contribution is 6.13. The lowest BCUT2D eigenvalue weighted by atomic mass is 9.92. The van der Waals surface area contributed by atoms with E-state index < -0.39 is 0 Å². The minimum atomic E-state index is 0.675. The first-order valence-electron chi connectivity index (χ1n) is 18.6. The van der Waals surface area contributed by atoms with Crippen molar-refractivity contribution in [2.75, 3.05) is 0 Å². The number of para-hydroxylation sites is 3. The first-order valence-corrected chi connectivity index (χ1v) is 18.6. The van der Waals surface area contributed by atoms with Crippen LogP contribution in [0.2, 0.25) is 0 Å². The van der Waals surface area contributed by atoms with E-state index in [0.29, 0.717) is 5.82 Å². The Morgan fingerprint density at radius 2 is 1.15 bits per heavy atom. The Morgan fingerprint density at radius 1 is 0.463 bits per heavy atom. The first kappa shape index (κ1) is 30.6. The van der Waals surface area contributed by atoms with Crippen molar-refractivity contribution >= 4 is 60.2 Å². The summed E-state index contributed by atoms with van der Waals surface area (Å²) in [6, 6.07) is 55.7. The van der Waals surface area contributed by atoms with Crippen molar-refractivity contribution in [3.63, 3.8) is 0 Å². The second-order valence-electron chi connectivity index (χ2n) is 14.0. The van der Waals surface area contributed by atoms with Gasteiger partial charge in [-0.15, -0.1) is 0 Å². The third-order valence-electron chi connectivity index (χ3n) is 10.9. The maximum absolute atomic E-state index is 6.49. The fourth-order valence-corrected chi connectivity index (χ4v) is 8.35. The van der Waals surface area contributed by atoms with Crippen molar-refractivity contribution < 1.29 is 4.42 Å². The number of nitrogens with zero attached hydrogens (tertiary/aromatic N) is 3. The Balaban J connectivity index is 1.10. The highest BCUT2D eigenvalue weighted by atomic mass is 16.3. The van der Waals surface area contributed by atoms with E-state index in [1.807, 2.05) is 30.3 Å². The molecular weight excluding hydrogens is 659 g/mol. The molecule has 4 heteroatoms. The van der Waals surface area contributed by atoms with Gasteiger partial charge in [0.1, 0.15) is 11.2 Å². The molecule has 0 N–H and O–H groups in total. The van der Waals surface area contributed by atoms with Crippen LogP contribution in [0.1, 0.15) is 12.8 Å². The lowest BCUT2D eigenvalue weighted by Gasteiger charge is -2.14. The van der Waals surface area contributed by atoms with Gasteiger partial charge in [-0.05, 0) is 77.2 Å². The SMILES string of the molecule is C1=CC(n2c3ccccc3c3cc(-c4ccc(-c5cc(-c6cccc7c6oc6ccccc67)nc(-c6ccccc6)n5)c5ccccc45)ccc32)=CCC1. The molecule has 0 saturated carbocycles. The van der Waals surface area contributed by atoms with Crippen molar-refractivity contribution in [3.05, 3.63) is 176 Å².